The van der Waals surface area contributed by atoms with Crippen LogP contribution in [0, 0.1) is 33.5 Å². The Hall–Kier alpha value is -2.02. The molecule has 0 bridgehead atoms. The number of hydrogen-bond donors (Lipinski definition) is 4. The van der Waals surface area contributed by atoms with Crippen LogP contribution in [-0.4, -0.2) is 85.6 Å². The number of carbonyl (C=O) groups excluding carboxylic acids is 4. The minimum absolute atomic E-state index is 0.00695. The zero-order valence-corrected chi connectivity index (χ0v) is 33.0. The van der Waals surface area contributed by atoms with Gasteiger partial charge in [-0.05, 0) is 91.2 Å². The van der Waals surface area contributed by atoms with E-state index in [1.807, 2.05) is 27.7 Å². The first-order chi connectivity index (χ1) is 23.9. The van der Waals surface area contributed by atoms with Gasteiger partial charge in [0.2, 0.25) is 17.7 Å². The Bertz CT molecular complexity index is 1520. The third kappa shape index (κ3) is 6.49. The summed E-state index contributed by atoms with van der Waals surface area (Å²) in [6.45, 7) is 14.3. The van der Waals surface area contributed by atoms with Crippen molar-refractivity contribution in [2.24, 2.45) is 44.4 Å². The Morgan fingerprint density at radius 2 is 1.61 bits per heavy atom. The van der Waals surface area contributed by atoms with Crippen LogP contribution in [0.15, 0.2) is 0 Å². The average Bonchev–Trinajstić information content (AvgIpc) is 3.52. The van der Waals surface area contributed by atoms with E-state index < -0.39 is 39.0 Å². The van der Waals surface area contributed by atoms with E-state index in [4.69, 9.17) is 10.9 Å². The molecule has 2 aliphatic heterocycles. The van der Waals surface area contributed by atoms with Crippen molar-refractivity contribution in [1.82, 2.24) is 19.8 Å². The lowest BCUT2D eigenvalue weighted by Crippen LogP contribution is -2.61. The van der Waals surface area contributed by atoms with Gasteiger partial charge in [0, 0.05) is 31.5 Å². The van der Waals surface area contributed by atoms with E-state index in [0.29, 0.717) is 32.5 Å². The number of nitrogens with zero attached hydrogens (tertiary/aromatic N) is 2. The number of amides is 3. The first kappa shape index (κ1) is 38.7. The number of fused-ring (bicyclic) bond motifs is 1. The standard InChI is InChI=1S/C39H66N6O5S/c1-7-27-23-39(27,29(46)17-13-22-51(41,50)44-20-11-12-21-44)43-32(47)28-24-38(36(5,6)37(38)18-14-19-37)25-45(28)34(49)31(35(2,3)4)42-33(48)30(40)26-15-9-8-10-16-26/h22,26-28,30-31H,7-21,23-25,40H2,1-6H3,(H2,41,50)(H,42,48)(H,43,47). The predicted molar refractivity (Wildman–Crippen MR) is 201 cm³/mol. The summed E-state index contributed by atoms with van der Waals surface area (Å²) >= 11 is 0. The molecule has 3 amide bonds. The van der Waals surface area contributed by atoms with E-state index >= 15 is 0 Å². The first-order valence-electron chi connectivity index (χ1n) is 20.0. The van der Waals surface area contributed by atoms with Gasteiger partial charge in [-0.2, -0.15) is 0 Å². The highest BCUT2D eigenvalue weighted by Gasteiger charge is 2.85. The molecule has 7 atom stereocenters. The third-order valence-corrected chi connectivity index (χ3v) is 16.8. The number of ketones is 1. The molecule has 4 saturated carbocycles. The van der Waals surface area contributed by atoms with Crippen molar-refractivity contribution in [2.75, 3.05) is 19.6 Å². The van der Waals surface area contributed by atoms with Gasteiger partial charge in [-0.15, -0.1) is 0 Å². The number of carbonyl (C=O) groups is 4. The Morgan fingerprint density at radius 3 is 2.14 bits per heavy atom. The minimum Gasteiger partial charge on any atom is -0.342 e. The molecular weight excluding hydrogens is 665 g/mol. The SMILES string of the molecule is CCC1CC1(NC(=O)C1CC2(CN1C(=O)C(NC(=O)C(N)C1CCCCC1)C(C)(C)C)C(C)(C)C21CCC1)C(=O)CCC=S(N)(=O)N1CCCC1. The highest BCUT2D eigenvalue weighted by atomic mass is 32.2. The summed E-state index contributed by atoms with van der Waals surface area (Å²) in [4.78, 5) is 58.7. The van der Waals surface area contributed by atoms with Gasteiger partial charge in [0.05, 0.1) is 15.9 Å². The Kier molecular flexibility index (Phi) is 10.4. The second-order valence-corrected chi connectivity index (χ2v) is 20.8. The molecule has 0 radical (unpaired) electrons. The molecule has 2 heterocycles. The zero-order chi connectivity index (χ0) is 37.2. The zero-order valence-electron chi connectivity index (χ0n) is 32.2. The molecule has 12 heteroatoms. The molecule has 4 aliphatic carbocycles. The number of hydrogen-bond acceptors (Lipinski definition) is 6. The van der Waals surface area contributed by atoms with Gasteiger partial charge in [0.25, 0.3) is 0 Å². The summed E-state index contributed by atoms with van der Waals surface area (Å²) < 4.78 is 14.9. The van der Waals surface area contributed by atoms with Crippen molar-refractivity contribution in [2.45, 2.75) is 162 Å². The summed E-state index contributed by atoms with van der Waals surface area (Å²) in [5.74, 6) is -0.806. The van der Waals surface area contributed by atoms with Gasteiger partial charge in [-0.3, -0.25) is 19.2 Å². The molecule has 51 heavy (non-hydrogen) atoms. The highest BCUT2D eigenvalue weighted by molar-refractivity contribution is 7.97. The maximum atomic E-state index is 14.8. The van der Waals surface area contributed by atoms with E-state index in [0.717, 1.165) is 70.6 Å². The topological polar surface area (TPSA) is 168 Å². The molecule has 0 aromatic rings. The maximum Gasteiger partial charge on any atom is 0.246 e. The van der Waals surface area contributed by atoms with Crippen molar-refractivity contribution in [3.63, 3.8) is 0 Å². The summed E-state index contributed by atoms with van der Waals surface area (Å²) in [6.07, 6.45) is 12.6. The van der Waals surface area contributed by atoms with Crippen molar-refractivity contribution >= 4 is 38.8 Å². The smallest absolute Gasteiger partial charge is 0.246 e. The van der Waals surface area contributed by atoms with Crippen LogP contribution in [-0.2, 0) is 29.1 Å². The fourth-order valence-corrected chi connectivity index (χ4v) is 12.7. The monoisotopic (exact) mass is 730 g/mol. The van der Waals surface area contributed by atoms with Crippen molar-refractivity contribution in [3.05, 3.63) is 0 Å². The lowest BCUT2D eigenvalue weighted by Gasteiger charge is -2.37. The van der Waals surface area contributed by atoms with Crippen LogP contribution in [0.5, 0.6) is 0 Å². The summed E-state index contributed by atoms with van der Waals surface area (Å²) in [7, 11) is -2.78. The van der Waals surface area contributed by atoms with Gasteiger partial charge >= 0.3 is 0 Å². The molecule has 2 spiro atoms. The van der Waals surface area contributed by atoms with Crippen LogP contribution in [0.3, 0.4) is 0 Å². The second-order valence-electron chi connectivity index (χ2n) is 18.7. The Balaban J connectivity index is 1.22. The van der Waals surface area contributed by atoms with E-state index in [2.05, 4.69) is 24.5 Å². The number of rotatable bonds is 12. The van der Waals surface area contributed by atoms with Gasteiger partial charge in [-0.25, -0.2) is 13.7 Å². The average molecular weight is 731 g/mol. The van der Waals surface area contributed by atoms with Gasteiger partial charge in [0.15, 0.2) is 5.78 Å². The first-order valence-corrected chi connectivity index (χ1v) is 21.6. The van der Waals surface area contributed by atoms with Gasteiger partial charge in [-0.1, -0.05) is 73.6 Å². The van der Waals surface area contributed by atoms with Crippen LogP contribution in [0.2, 0.25) is 0 Å². The quantitative estimate of drug-likeness (QED) is 0.223. The van der Waals surface area contributed by atoms with Crippen LogP contribution in [0.25, 0.3) is 0 Å². The number of nitrogens with two attached hydrogens (primary N) is 2. The fourth-order valence-electron chi connectivity index (χ4n) is 11.2. The molecule has 6 rings (SSSR count). The normalized spacial score (nSPS) is 33.6. The molecule has 11 nitrogen and oxygen atoms in total. The summed E-state index contributed by atoms with van der Waals surface area (Å²) in [5, 5.41) is 14.1. The lowest BCUT2D eigenvalue weighted by molar-refractivity contribution is -0.145. The molecule has 7 unspecified atom stereocenters. The van der Waals surface area contributed by atoms with Gasteiger partial charge < -0.3 is 21.3 Å². The van der Waals surface area contributed by atoms with E-state index in [-0.39, 0.29) is 64.4 Å². The van der Waals surface area contributed by atoms with E-state index in [1.54, 1.807) is 14.6 Å². The number of Topliss-reactive ketones (excluding diaryl/α,β-unsaturated/α-hetero) is 1. The van der Waals surface area contributed by atoms with Crippen molar-refractivity contribution in [3.8, 4) is 0 Å². The molecule has 0 aromatic heterocycles. The highest BCUT2D eigenvalue weighted by Crippen LogP contribution is 2.88. The molecule has 288 valence electrons. The van der Waals surface area contributed by atoms with Crippen molar-refractivity contribution < 1.29 is 23.4 Å². The maximum absolute atomic E-state index is 14.8. The van der Waals surface area contributed by atoms with E-state index in [9.17, 15) is 23.4 Å². The molecule has 0 aromatic carbocycles. The predicted octanol–water partition coefficient (Wildman–Crippen LogP) is 3.83. The summed E-state index contributed by atoms with van der Waals surface area (Å²) in [5.41, 5.74) is 4.76. The Labute approximate surface area is 306 Å². The largest absolute Gasteiger partial charge is 0.342 e. The molecular formula is C39H66N6O5S. The van der Waals surface area contributed by atoms with Crippen molar-refractivity contribution in [1.29, 1.82) is 0 Å². The molecule has 6 fully saturated rings. The second kappa shape index (κ2) is 13.7. The Morgan fingerprint density at radius 1 is 0.961 bits per heavy atom. The van der Waals surface area contributed by atoms with Crippen LogP contribution in [0.4, 0.5) is 0 Å². The summed E-state index contributed by atoms with van der Waals surface area (Å²) in [6, 6.07) is -2.29. The molecule has 6 aliphatic rings. The third-order valence-electron chi connectivity index (χ3n) is 14.9. The van der Waals surface area contributed by atoms with Crippen LogP contribution in [0.1, 0.15) is 138 Å². The van der Waals surface area contributed by atoms with Crippen LogP contribution < -0.4 is 21.5 Å². The molecule has 6 N–H and O–H groups in total. The van der Waals surface area contributed by atoms with Crippen LogP contribution >= 0.6 is 0 Å². The van der Waals surface area contributed by atoms with Gasteiger partial charge in [0.1, 0.15) is 17.6 Å². The fraction of sp³-hybridized carbons (Fsp3) is 0.872. The molecule has 2 saturated heterocycles. The lowest BCUT2D eigenvalue weighted by atomic mass is 9.73. The number of likely N-dealkylation sites (tertiary alicyclic amines) is 1. The van der Waals surface area contributed by atoms with E-state index in [1.165, 1.54) is 0 Å². The number of nitrogens with one attached hydrogen (secondary N) is 2. The minimum atomic E-state index is -2.78.